The summed E-state index contributed by atoms with van der Waals surface area (Å²) >= 11 is 0. The van der Waals surface area contributed by atoms with Gasteiger partial charge in [-0.25, -0.2) is 0 Å². The molecule has 1 saturated heterocycles. The first-order valence-corrected chi connectivity index (χ1v) is 6.95. The Hall–Kier alpha value is -1.42. The Morgan fingerprint density at radius 2 is 2.05 bits per heavy atom. The molecule has 2 aliphatic heterocycles. The monoisotopic (exact) mass is 262 g/mol. The van der Waals surface area contributed by atoms with Gasteiger partial charge in [0.05, 0.1) is 0 Å². The molecule has 1 aromatic carbocycles. The second kappa shape index (κ2) is 4.60. The Morgan fingerprint density at radius 1 is 1.26 bits per heavy atom. The van der Waals surface area contributed by atoms with Crippen molar-refractivity contribution in [3.8, 4) is 11.5 Å². The molecule has 4 nitrogen and oxygen atoms in total. The zero-order valence-electron chi connectivity index (χ0n) is 11.9. The third-order valence-corrected chi connectivity index (χ3v) is 4.25. The largest absolute Gasteiger partial charge is 0.454 e. The van der Waals surface area contributed by atoms with Crippen molar-refractivity contribution in [3.05, 3.63) is 18.2 Å². The van der Waals surface area contributed by atoms with Crippen LogP contribution in [0.3, 0.4) is 0 Å². The Labute approximate surface area is 114 Å². The molecule has 2 aliphatic rings. The molecule has 0 radical (unpaired) electrons. The highest BCUT2D eigenvalue weighted by Gasteiger charge is 2.34. The topological polar surface area (TPSA) is 33.7 Å². The number of fused-ring (bicyclic) bond motifs is 1. The van der Waals surface area contributed by atoms with Gasteiger partial charge in [0.1, 0.15) is 0 Å². The highest BCUT2D eigenvalue weighted by atomic mass is 16.7. The number of hydrogen-bond acceptors (Lipinski definition) is 4. The van der Waals surface area contributed by atoms with Gasteiger partial charge < -0.3 is 19.7 Å². The highest BCUT2D eigenvalue weighted by molar-refractivity contribution is 5.58. The molecule has 0 bridgehead atoms. The number of piperidine rings is 1. The zero-order chi connectivity index (χ0) is 13.5. The fourth-order valence-electron chi connectivity index (χ4n) is 3.18. The summed E-state index contributed by atoms with van der Waals surface area (Å²) in [6, 6.07) is 6.86. The molecule has 1 N–H and O–H groups in total. The Bertz CT molecular complexity index is 473. The molecule has 1 unspecified atom stereocenters. The summed E-state index contributed by atoms with van der Waals surface area (Å²) in [6.07, 6.45) is 2.33. The smallest absolute Gasteiger partial charge is 0.231 e. The lowest BCUT2D eigenvalue weighted by Gasteiger charge is -2.47. The molecule has 0 saturated carbocycles. The molecule has 0 spiro atoms. The van der Waals surface area contributed by atoms with Crippen molar-refractivity contribution in [1.82, 2.24) is 5.32 Å². The van der Waals surface area contributed by atoms with Crippen LogP contribution in [0.5, 0.6) is 11.5 Å². The number of nitrogens with zero attached hydrogens (tertiary/aromatic N) is 1. The predicted octanol–water partition coefficient (Wildman–Crippen LogP) is 2.38. The van der Waals surface area contributed by atoms with E-state index in [0.29, 0.717) is 12.8 Å². The minimum atomic E-state index is 0.152. The number of benzene rings is 1. The molecule has 3 rings (SSSR count). The molecule has 2 heterocycles. The third kappa shape index (κ3) is 2.25. The van der Waals surface area contributed by atoms with Gasteiger partial charge in [-0.05, 0) is 45.9 Å². The summed E-state index contributed by atoms with van der Waals surface area (Å²) in [5, 5.41) is 3.40. The molecule has 0 amide bonds. The van der Waals surface area contributed by atoms with E-state index in [1.165, 1.54) is 12.1 Å². The molecule has 1 atom stereocenters. The summed E-state index contributed by atoms with van der Waals surface area (Å²) in [7, 11) is 2.05. The standard InChI is InChI=1S/C15H22N2O2/c1-15(2)9-11(16-3)6-7-17(15)12-4-5-13-14(8-12)19-10-18-13/h4-5,8,11,16H,6-7,9-10H2,1-3H3. The Kier molecular flexibility index (Phi) is 3.05. The summed E-state index contributed by atoms with van der Waals surface area (Å²) < 4.78 is 10.9. The first-order valence-electron chi connectivity index (χ1n) is 6.95. The first-order chi connectivity index (χ1) is 9.10. The number of hydrogen-bond donors (Lipinski definition) is 1. The first kappa shape index (κ1) is 12.6. The van der Waals surface area contributed by atoms with Crippen LogP contribution in [0, 0.1) is 0 Å². The maximum absolute atomic E-state index is 5.48. The van der Waals surface area contributed by atoms with Crippen LogP contribution in [-0.2, 0) is 0 Å². The summed E-state index contributed by atoms with van der Waals surface area (Å²) in [5.74, 6) is 1.72. The van der Waals surface area contributed by atoms with Crippen molar-refractivity contribution < 1.29 is 9.47 Å². The maximum Gasteiger partial charge on any atom is 0.231 e. The van der Waals surface area contributed by atoms with Crippen LogP contribution < -0.4 is 19.7 Å². The van der Waals surface area contributed by atoms with E-state index in [1.54, 1.807) is 0 Å². The van der Waals surface area contributed by atoms with E-state index in [-0.39, 0.29) is 5.54 Å². The molecule has 1 fully saturated rings. The van der Waals surface area contributed by atoms with Crippen LogP contribution >= 0.6 is 0 Å². The maximum atomic E-state index is 5.48. The predicted molar refractivity (Wildman–Crippen MR) is 76.1 cm³/mol. The van der Waals surface area contributed by atoms with Crippen LogP contribution in [0.2, 0.25) is 0 Å². The van der Waals surface area contributed by atoms with E-state index in [1.807, 2.05) is 6.07 Å². The van der Waals surface area contributed by atoms with Gasteiger partial charge in [0.2, 0.25) is 6.79 Å². The lowest BCUT2D eigenvalue weighted by atomic mass is 9.86. The fraction of sp³-hybridized carbons (Fsp3) is 0.600. The van der Waals surface area contributed by atoms with Crippen LogP contribution in [-0.4, -0.2) is 32.0 Å². The molecule has 104 valence electrons. The van der Waals surface area contributed by atoms with E-state index in [2.05, 4.69) is 43.2 Å². The third-order valence-electron chi connectivity index (χ3n) is 4.25. The number of rotatable bonds is 2. The normalized spacial score (nSPS) is 24.6. The van der Waals surface area contributed by atoms with Gasteiger partial charge in [0.25, 0.3) is 0 Å². The van der Waals surface area contributed by atoms with Crippen LogP contribution in [0.25, 0.3) is 0 Å². The average Bonchev–Trinajstić information content (AvgIpc) is 2.84. The van der Waals surface area contributed by atoms with Gasteiger partial charge in [-0.2, -0.15) is 0 Å². The molecule has 19 heavy (non-hydrogen) atoms. The molecule has 0 aliphatic carbocycles. The minimum Gasteiger partial charge on any atom is -0.454 e. The average molecular weight is 262 g/mol. The van der Waals surface area contributed by atoms with Crippen molar-refractivity contribution in [3.63, 3.8) is 0 Å². The highest BCUT2D eigenvalue weighted by Crippen LogP contribution is 2.39. The van der Waals surface area contributed by atoms with Crippen molar-refractivity contribution in [1.29, 1.82) is 0 Å². The summed E-state index contributed by atoms with van der Waals surface area (Å²) in [4.78, 5) is 2.48. The van der Waals surface area contributed by atoms with Gasteiger partial charge in [-0.3, -0.25) is 0 Å². The number of ether oxygens (including phenoxy) is 2. The van der Waals surface area contributed by atoms with Crippen LogP contribution in [0.4, 0.5) is 5.69 Å². The van der Waals surface area contributed by atoms with Gasteiger partial charge in [0, 0.05) is 29.9 Å². The Morgan fingerprint density at radius 3 is 2.79 bits per heavy atom. The van der Waals surface area contributed by atoms with Crippen LogP contribution in [0.1, 0.15) is 26.7 Å². The van der Waals surface area contributed by atoms with Crippen LogP contribution in [0.15, 0.2) is 18.2 Å². The lowest BCUT2D eigenvalue weighted by molar-refractivity contribution is 0.174. The van der Waals surface area contributed by atoms with E-state index in [4.69, 9.17) is 9.47 Å². The molecular formula is C15H22N2O2. The van der Waals surface area contributed by atoms with Gasteiger partial charge in [-0.15, -0.1) is 0 Å². The molecule has 4 heteroatoms. The SMILES string of the molecule is CNC1CCN(c2ccc3c(c2)OCO3)C(C)(C)C1. The fourth-order valence-corrected chi connectivity index (χ4v) is 3.18. The second-order valence-electron chi connectivity index (χ2n) is 5.98. The van der Waals surface area contributed by atoms with E-state index in [9.17, 15) is 0 Å². The van der Waals surface area contributed by atoms with Crippen molar-refractivity contribution >= 4 is 5.69 Å². The van der Waals surface area contributed by atoms with Crippen molar-refractivity contribution in [2.75, 3.05) is 25.3 Å². The molecule has 1 aromatic rings. The quantitative estimate of drug-likeness (QED) is 0.887. The molecular weight excluding hydrogens is 240 g/mol. The van der Waals surface area contributed by atoms with E-state index in [0.717, 1.165) is 24.5 Å². The lowest BCUT2D eigenvalue weighted by Crippen LogP contribution is -2.54. The van der Waals surface area contributed by atoms with Gasteiger partial charge in [-0.1, -0.05) is 0 Å². The van der Waals surface area contributed by atoms with Gasteiger partial charge >= 0.3 is 0 Å². The second-order valence-corrected chi connectivity index (χ2v) is 5.98. The number of anilines is 1. The Balaban J connectivity index is 1.85. The van der Waals surface area contributed by atoms with Crippen molar-refractivity contribution in [2.24, 2.45) is 0 Å². The van der Waals surface area contributed by atoms with E-state index >= 15 is 0 Å². The summed E-state index contributed by atoms with van der Waals surface area (Å²) in [6.45, 7) is 6.02. The number of nitrogens with one attached hydrogen (secondary N) is 1. The van der Waals surface area contributed by atoms with Gasteiger partial charge in [0.15, 0.2) is 11.5 Å². The summed E-state index contributed by atoms with van der Waals surface area (Å²) in [5.41, 5.74) is 1.38. The van der Waals surface area contributed by atoms with E-state index < -0.39 is 0 Å². The zero-order valence-corrected chi connectivity index (χ0v) is 11.9. The van der Waals surface area contributed by atoms with Crippen molar-refractivity contribution in [2.45, 2.75) is 38.3 Å². The molecule has 0 aromatic heterocycles. The minimum absolute atomic E-state index is 0.152.